The number of amides is 1. The Kier molecular flexibility index (Phi) is 6.78. The number of fused-ring (bicyclic) bond motifs is 1. The lowest BCUT2D eigenvalue weighted by Gasteiger charge is -2.33. The number of para-hydroxylation sites is 2. The van der Waals surface area contributed by atoms with Crippen LogP contribution in [-0.4, -0.2) is 59.0 Å². The zero-order valence-electron chi connectivity index (χ0n) is 19.2. The Morgan fingerprint density at radius 3 is 2.62 bits per heavy atom. The molecule has 0 bridgehead atoms. The highest BCUT2D eigenvalue weighted by Gasteiger charge is 2.16. The van der Waals surface area contributed by atoms with Gasteiger partial charge < -0.3 is 20.1 Å². The molecule has 3 heterocycles. The van der Waals surface area contributed by atoms with Crippen molar-refractivity contribution in [1.82, 2.24) is 25.2 Å². The zero-order chi connectivity index (χ0) is 23.3. The van der Waals surface area contributed by atoms with E-state index in [1.807, 2.05) is 66.9 Å². The molecule has 1 saturated heterocycles. The monoisotopic (exact) mass is 472 g/mol. The minimum atomic E-state index is -0.0797. The number of thioether (sulfide) groups is 1. The second kappa shape index (κ2) is 10.3. The van der Waals surface area contributed by atoms with Gasteiger partial charge in [0.05, 0.1) is 11.0 Å². The molecule has 2 N–H and O–H groups in total. The molecule has 1 aliphatic heterocycles. The summed E-state index contributed by atoms with van der Waals surface area (Å²) in [5.74, 6) is 1.57. The van der Waals surface area contributed by atoms with Crippen molar-refractivity contribution in [1.29, 1.82) is 0 Å². The standard InChI is InChI=1S/C26H28N6OS/c1-31-12-14-32(15-13-31)24-11-10-19(16-27-24)17-28-25(33)21-7-3-2-6-20(21)18-34-26-29-22-8-4-5-9-23(22)30-26/h2-11,16H,12-15,17-18H2,1H3,(H,28,33)(H,29,30). The summed E-state index contributed by atoms with van der Waals surface area (Å²) in [5.41, 5.74) is 4.62. The van der Waals surface area contributed by atoms with Crippen LogP contribution >= 0.6 is 11.8 Å². The van der Waals surface area contributed by atoms with Crippen molar-refractivity contribution in [2.24, 2.45) is 0 Å². The fourth-order valence-electron chi connectivity index (χ4n) is 4.03. The maximum atomic E-state index is 13.0. The quantitative estimate of drug-likeness (QED) is 0.397. The largest absolute Gasteiger partial charge is 0.354 e. The Bertz CT molecular complexity index is 1230. The van der Waals surface area contributed by atoms with Crippen molar-refractivity contribution in [2.75, 3.05) is 38.1 Å². The molecule has 2 aromatic carbocycles. The summed E-state index contributed by atoms with van der Waals surface area (Å²) in [6.45, 7) is 4.52. The van der Waals surface area contributed by atoms with Gasteiger partial charge in [-0.3, -0.25) is 4.79 Å². The molecule has 8 heteroatoms. The van der Waals surface area contributed by atoms with Crippen LogP contribution in [-0.2, 0) is 12.3 Å². The molecule has 0 spiro atoms. The second-order valence-electron chi connectivity index (χ2n) is 8.50. The van der Waals surface area contributed by atoms with Crippen molar-refractivity contribution in [3.05, 3.63) is 83.6 Å². The number of nitrogens with one attached hydrogen (secondary N) is 2. The van der Waals surface area contributed by atoms with Gasteiger partial charge in [-0.05, 0) is 42.4 Å². The van der Waals surface area contributed by atoms with E-state index in [9.17, 15) is 4.79 Å². The Balaban J connectivity index is 1.19. The van der Waals surface area contributed by atoms with E-state index in [2.05, 4.69) is 37.1 Å². The molecular weight excluding hydrogens is 444 g/mol. The number of likely N-dealkylation sites (N-methyl/N-ethyl adjacent to an activating group) is 1. The summed E-state index contributed by atoms with van der Waals surface area (Å²) in [7, 11) is 2.15. The molecule has 174 valence electrons. The van der Waals surface area contributed by atoms with Gasteiger partial charge in [-0.15, -0.1) is 0 Å². The van der Waals surface area contributed by atoms with Crippen LogP contribution in [0.25, 0.3) is 11.0 Å². The van der Waals surface area contributed by atoms with Gasteiger partial charge in [-0.1, -0.05) is 48.2 Å². The lowest BCUT2D eigenvalue weighted by atomic mass is 10.1. The summed E-state index contributed by atoms with van der Waals surface area (Å²) in [6.07, 6.45) is 1.86. The van der Waals surface area contributed by atoms with Gasteiger partial charge in [-0.2, -0.15) is 0 Å². The third kappa shape index (κ3) is 5.24. The number of H-pyrrole nitrogens is 1. The van der Waals surface area contributed by atoms with Crippen LogP contribution in [0.15, 0.2) is 72.0 Å². The number of aromatic amines is 1. The first-order valence-corrected chi connectivity index (χ1v) is 12.5. The van der Waals surface area contributed by atoms with Crippen LogP contribution in [0.2, 0.25) is 0 Å². The molecule has 2 aromatic heterocycles. The van der Waals surface area contributed by atoms with Crippen LogP contribution in [0.5, 0.6) is 0 Å². The molecule has 0 saturated carbocycles. The van der Waals surface area contributed by atoms with Gasteiger partial charge in [0, 0.05) is 50.2 Å². The molecule has 0 radical (unpaired) electrons. The second-order valence-corrected chi connectivity index (χ2v) is 9.47. The number of carbonyl (C=O) groups is 1. The van der Waals surface area contributed by atoms with Gasteiger partial charge in [0.1, 0.15) is 5.82 Å². The molecule has 0 atom stereocenters. The van der Waals surface area contributed by atoms with E-state index in [1.54, 1.807) is 11.8 Å². The molecule has 1 amide bonds. The molecule has 34 heavy (non-hydrogen) atoms. The minimum Gasteiger partial charge on any atom is -0.354 e. The number of carbonyl (C=O) groups excluding carboxylic acids is 1. The van der Waals surface area contributed by atoms with E-state index in [0.29, 0.717) is 17.9 Å². The number of pyridine rings is 1. The summed E-state index contributed by atoms with van der Waals surface area (Å²) in [6, 6.07) is 19.8. The van der Waals surface area contributed by atoms with Crippen LogP contribution in [0.1, 0.15) is 21.5 Å². The first-order valence-electron chi connectivity index (χ1n) is 11.5. The van der Waals surface area contributed by atoms with Crippen LogP contribution < -0.4 is 10.2 Å². The molecule has 1 aliphatic rings. The molecular formula is C26H28N6OS. The van der Waals surface area contributed by atoms with Crippen molar-refractivity contribution in [3.63, 3.8) is 0 Å². The van der Waals surface area contributed by atoms with Gasteiger partial charge in [-0.25, -0.2) is 9.97 Å². The van der Waals surface area contributed by atoms with Crippen LogP contribution in [0, 0.1) is 0 Å². The van der Waals surface area contributed by atoms with E-state index in [1.165, 1.54) is 0 Å². The van der Waals surface area contributed by atoms with Crippen LogP contribution in [0.3, 0.4) is 0 Å². The number of anilines is 1. The summed E-state index contributed by atoms with van der Waals surface area (Å²) < 4.78 is 0. The number of piperazine rings is 1. The molecule has 0 aliphatic carbocycles. The molecule has 4 aromatic rings. The highest BCUT2D eigenvalue weighted by atomic mass is 32.2. The van der Waals surface area contributed by atoms with Gasteiger partial charge in [0.25, 0.3) is 5.91 Å². The fraction of sp³-hybridized carbons (Fsp3) is 0.269. The van der Waals surface area contributed by atoms with Crippen molar-refractivity contribution in [2.45, 2.75) is 17.5 Å². The Morgan fingerprint density at radius 2 is 1.82 bits per heavy atom. The third-order valence-electron chi connectivity index (χ3n) is 6.08. The van der Waals surface area contributed by atoms with E-state index in [4.69, 9.17) is 0 Å². The number of nitrogens with zero attached hydrogens (tertiary/aromatic N) is 4. The number of benzene rings is 2. The molecule has 0 unspecified atom stereocenters. The number of rotatable bonds is 7. The Labute approximate surface area is 203 Å². The third-order valence-corrected chi connectivity index (χ3v) is 7.01. The van der Waals surface area contributed by atoms with E-state index >= 15 is 0 Å². The SMILES string of the molecule is CN1CCN(c2ccc(CNC(=O)c3ccccc3CSc3nc4ccccc4[nH]3)cn2)CC1. The lowest BCUT2D eigenvalue weighted by Crippen LogP contribution is -2.44. The van der Waals surface area contributed by atoms with Gasteiger partial charge in [0.2, 0.25) is 0 Å². The summed E-state index contributed by atoms with van der Waals surface area (Å²) >= 11 is 1.60. The van der Waals surface area contributed by atoms with E-state index < -0.39 is 0 Å². The van der Waals surface area contributed by atoms with Crippen LogP contribution in [0.4, 0.5) is 5.82 Å². The lowest BCUT2D eigenvalue weighted by molar-refractivity contribution is 0.0950. The molecule has 7 nitrogen and oxygen atoms in total. The summed E-state index contributed by atoms with van der Waals surface area (Å²) in [4.78, 5) is 30.2. The number of hydrogen-bond donors (Lipinski definition) is 2. The Morgan fingerprint density at radius 1 is 1.03 bits per heavy atom. The highest BCUT2D eigenvalue weighted by Crippen LogP contribution is 2.24. The molecule has 1 fully saturated rings. The topological polar surface area (TPSA) is 77.1 Å². The smallest absolute Gasteiger partial charge is 0.251 e. The van der Waals surface area contributed by atoms with E-state index in [0.717, 1.165) is 59.3 Å². The average Bonchev–Trinajstić information content (AvgIpc) is 3.30. The first-order chi connectivity index (χ1) is 16.7. The van der Waals surface area contributed by atoms with E-state index in [-0.39, 0.29) is 5.91 Å². The number of hydrogen-bond acceptors (Lipinski definition) is 6. The van der Waals surface area contributed by atoms with Crippen molar-refractivity contribution >= 4 is 34.5 Å². The van der Waals surface area contributed by atoms with Gasteiger partial charge >= 0.3 is 0 Å². The zero-order valence-corrected chi connectivity index (χ0v) is 20.0. The minimum absolute atomic E-state index is 0.0797. The number of aromatic nitrogens is 3. The van der Waals surface area contributed by atoms with Gasteiger partial charge in [0.15, 0.2) is 5.16 Å². The predicted molar refractivity (Wildman–Crippen MR) is 137 cm³/mol. The first kappa shape index (κ1) is 22.4. The Hall–Kier alpha value is -3.36. The predicted octanol–water partition coefficient (Wildman–Crippen LogP) is 3.93. The molecule has 5 rings (SSSR count). The maximum Gasteiger partial charge on any atom is 0.251 e. The fourth-order valence-corrected chi connectivity index (χ4v) is 4.92. The maximum absolute atomic E-state index is 13.0. The average molecular weight is 473 g/mol. The normalized spacial score (nSPS) is 14.4. The van der Waals surface area contributed by atoms with Crippen molar-refractivity contribution in [3.8, 4) is 0 Å². The highest BCUT2D eigenvalue weighted by molar-refractivity contribution is 7.98. The van der Waals surface area contributed by atoms with Crippen molar-refractivity contribution < 1.29 is 4.79 Å². The summed E-state index contributed by atoms with van der Waals surface area (Å²) in [5, 5.41) is 3.90. The number of imidazole rings is 1.